The zero-order valence-corrected chi connectivity index (χ0v) is 8.92. The Morgan fingerprint density at radius 2 is 2.25 bits per heavy atom. The van der Waals surface area contributed by atoms with E-state index in [4.69, 9.17) is 0 Å². The lowest BCUT2D eigenvalue weighted by Gasteiger charge is -2.11. The molecule has 1 atom stereocenters. The van der Waals surface area contributed by atoms with Crippen LogP contribution in [0, 0.1) is 5.92 Å². The van der Waals surface area contributed by atoms with Crippen molar-refractivity contribution < 1.29 is 14.3 Å². The van der Waals surface area contributed by atoms with Crippen molar-refractivity contribution in [2.75, 3.05) is 13.7 Å². The summed E-state index contributed by atoms with van der Waals surface area (Å²) < 4.78 is 4.64. The van der Waals surface area contributed by atoms with Crippen molar-refractivity contribution in [3.63, 3.8) is 0 Å². The summed E-state index contributed by atoms with van der Waals surface area (Å²) in [7, 11) is 1.31. The highest BCUT2D eigenvalue weighted by molar-refractivity contribution is 5.73. The van der Waals surface area contributed by atoms with Crippen LogP contribution in [-0.2, 0) is 20.7 Å². The van der Waals surface area contributed by atoms with Gasteiger partial charge in [0, 0.05) is 12.4 Å². The predicted molar refractivity (Wildman–Crippen MR) is 56.4 cm³/mol. The van der Waals surface area contributed by atoms with Gasteiger partial charge < -0.3 is 4.74 Å². The van der Waals surface area contributed by atoms with Gasteiger partial charge in [-0.15, -0.1) is 0 Å². The summed E-state index contributed by atoms with van der Waals surface area (Å²) in [5, 5.41) is 0. The van der Waals surface area contributed by atoms with Crippen molar-refractivity contribution in [2.45, 2.75) is 6.42 Å². The lowest BCUT2D eigenvalue weighted by molar-refractivity contribution is -0.145. The van der Waals surface area contributed by atoms with E-state index in [0.717, 1.165) is 5.56 Å². The molecular weight excluding hydrogens is 208 g/mol. The van der Waals surface area contributed by atoms with Crippen LogP contribution in [0.15, 0.2) is 29.5 Å². The first kappa shape index (κ1) is 12.1. The second-order valence-corrected chi connectivity index (χ2v) is 3.21. The predicted octanol–water partition coefficient (Wildman–Crippen LogP) is 0.749. The average molecular weight is 220 g/mol. The largest absolute Gasteiger partial charge is 0.469 e. The highest BCUT2D eigenvalue weighted by Crippen LogP contribution is 2.10. The molecule has 1 heterocycles. The van der Waals surface area contributed by atoms with Gasteiger partial charge in [0.2, 0.25) is 6.08 Å². The van der Waals surface area contributed by atoms with Gasteiger partial charge in [0.1, 0.15) is 0 Å². The number of esters is 1. The van der Waals surface area contributed by atoms with Crippen LogP contribution in [0.25, 0.3) is 0 Å². The van der Waals surface area contributed by atoms with E-state index in [1.165, 1.54) is 13.2 Å². The fourth-order valence-electron chi connectivity index (χ4n) is 1.34. The molecule has 0 aliphatic rings. The van der Waals surface area contributed by atoms with Crippen LogP contribution in [0.1, 0.15) is 5.56 Å². The topological polar surface area (TPSA) is 68.6 Å². The summed E-state index contributed by atoms with van der Waals surface area (Å²) in [5.74, 6) is -0.829. The summed E-state index contributed by atoms with van der Waals surface area (Å²) in [4.78, 5) is 28.7. The van der Waals surface area contributed by atoms with E-state index < -0.39 is 5.92 Å². The van der Waals surface area contributed by atoms with E-state index >= 15 is 0 Å². The molecule has 0 fully saturated rings. The van der Waals surface area contributed by atoms with Crippen LogP contribution in [0.5, 0.6) is 0 Å². The van der Waals surface area contributed by atoms with Crippen molar-refractivity contribution in [3.8, 4) is 0 Å². The molecule has 5 nitrogen and oxygen atoms in total. The van der Waals surface area contributed by atoms with Gasteiger partial charge in [-0.1, -0.05) is 0 Å². The Balaban J connectivity index is 2.70. The van der Waals surface area contributed by atoms with E-state index in [0.29, 0.717) is 6.42 Å². The van der Waals surface area contributed by atoms with Gasteiger partial charge in [-0.25, -0.2) is 9.79 Å². The third-order valence-electron chi connectivity index (χ3n) is 2.14. The number of carbonyl (C=O) groups is 1. The fourth-order valence-corrected chi connectivity index (χ4v) is 1.34. The number of methoxy groups -OCH3 is 1. The molecule has 1 unspecified atom stereocenters. The van der Waals surface area contributed by atoms with Gasteiger partial charge in [0.15, 0.2) is 0 Å². The Bertz CT molecular complexity index is 385. The van der Waals surface area contributed by atoms with Gasteiger partial charge in [-0.3, -0.25) is 9.78 Å². The fraction of sp³-hybridized carbons (Fsp3) is 0.364. The zero-order chi connectivity index (χ0) is 11.8. The van der Waals surface area contributed by atoms with Gasteiger partial charge in [-0.2, -0.15) is 0 Å². The van der Waals surface area contributed by atoms with E-state index in [2.05, 4.69) is 14.7 Å². The molecule has 1 aromatic rings. The minimum Gasteiger partial charge on any atom is -0.469 e. The van der Waals surface area contributed by atoms with Gasteiger partial charge in [0.05, 0.1) is 19.6 Å². The number of isocyanates is 1. The molecule has 1 aromatic heterocycles. The SMILES string of the molecule is COC(=O)C(CN=C=O)Cc1ccncc1. The molecule has 0 amide bonds. The van der Waals surface area contributed by atoms with Crippen molar-refractivity contribution in [1.29, 1.82) is 0 Å². The Kier molecular flexibility index (Phi) is 4.89. The van der Waals surface area contributed by atoms with Gasteiger partial charge in [-0.05, 0) is 24.1 Å². The second-order valence-electron chi connectivity index (χ2n) is 3.21. The Morgan fingerprint density at radius 1 is 1.56 bits per heavy atom. The number of aromatic nitrogens is 1. The lowest BCUT2D eigenvalue weighted by Crippen LogP contribution is -2.21. The molecule has 0 aliphatic carbocycles. The molecule has 84 valence electrons. The van der Waals surface area contributed by atoms with Crippen molar-refractivity contribution in [2.24, 2.45) is 10.9 Å². The first-order chi connectivity index (χ1) is 7.77. The molecule has 0 spiro atoms. The van der Waals surface area contributed by atoms with Crippen LogP contribution < -0.4 is 0 Å². The molecule has 16 heavy (non-hydrogen) atoms. The molecule has 0 bridgehead atoms. The Labute approximate surface area is 93.2 Å². The van der Waals surface area contributed by atoms with E-state index in [1.807, 2.05) is 0 Å². The highest BCUT2D eigenvalue weighted by atomic mass is 16.5. The Hall–Kier alpha value is -2.00. The number of hydrogen-bond donors (Lipinski definition) is 0. The maximum atomic E-state index is 11.4. The molecule has 0 aliphatic heterocycles. The van der Waals surface area contributed by atoms with Crippen LogP contribution in [-0.4, -0.2) is 30.7 Å². The molecule has 0 saturated carbocycles. The number of aliphatic imine (C=N–C) groups is 1. The monoisotopic (exact) mass is 220 g/mol. The molecular formula is C11H12N2O3. The standard InChI is InChI=1S/C11H12N2O3/c1-16-11(15)10(7-13-8-14)6-9-2-4-12-5-3-9/h2-5,10H,6-7H2,1H3. The summed E-state index contributed by atoms with van der Waals surface area (Å²) in [6.07, 6.45) is 5.18. The third-order valence-corrected chi connectivity index (χ3v) is 2.14. The summed E-state index contributed by atoms with van der Waals surface area (Å²) >= 11 is 0. The molecule has 0 saturated heterocycles. The van der Waals surface area contributed by atoms with Gasteiger partial charge >= 0.3 is 5.97 Å². The average Bonchev–Trinajstić information content (AvgIpc) is 2.34. The van der Waals surface area contributed by atoms with Crippen molar-refractivity contribution >= 4 is 12.0 Å². The normalized spacial score (nSPS) is 11.3. The highest BCUT2D eigenvalue weighted by Gasteiger charge is 2.19. The number of hydrogen-bond acceptors (Lipinski definition) is 5. The maximum Gasteiger partial charge on any atom is 0.310 e. The quantitative estimate of drug-likeness (QED) is 0.417. The van der Waals surface area contributed by atoms with E-state index in [-0.39, 0.29) is 12.5 Å². The minimum absolute atomic E-state index is 0.0957. The number of pyridine rings is 1. The first-order valence-corrected chi connectivity index (χ1v) is 4.78. The van der Waals surface area contributed by atoms with Crippen LogP contribution in [0.3, 0.4) is 0 Å². The van der Waals surface area contributed by atoms with E-state index in [9.17, 15) is 9.59 Å². The second kappa shape index (κ2) is 6.48. The zero-order valence-electron chi connectivity index (χ0n) is 8.92. The van der Waals surface area contributed by atoms with Gasteiger partial charge in [0.25, 0.3) is 0 Å². The molecule has 0 aromatic carbocycles. The maximum absolute atomic E-state index is 11.4. The number of ether oxygens (including phenoxy) is 1. The molecule has 1 rings (SSSR count). The number of nitrogens with zero attached hydrogens (tertiary/aromatic N) is 2. The van der Waals surface area contributed by atoms with E-state index in [1.54, 1.807) is 24.5 Å². The number of rotatable bonds is 5. The summed E-state index contributed by atoms with van der Waals surface area (Å²) in [6, 6.07) is 3.61. The summed E-state index contributed by atoms with van der Waals surface area (Å²) in [6.45, 7) is 0.0957. The third kappa shape index (κ3) is 3.63. The molecule has 0 radical (unpaired) electrons. The first-order valence-electron chi connectivity index (χ1n) is 4.78. The molecule has 0 N–H and O–H groups in total. The van der Waals surface area contributed by atoms with Crippen molar-refractivity contribution in [1.82, 2.24) is 4.98 Å². The Morgan fingerprint density at radius 3 is 2.81 bits per heavy atom. The van der Waals surface area contributed by atoms with Crippen LogP contribution >= 0.6 is 0 Å². The van der Waals surface area contributed by atoms with Crippen LogP contribution in [0.4, 0.5) is 0 Å². The lowest BCUT2D eigenvalue weighted by atomic mass is 10.0. The number of carbonyl (C=O) groups excluding carboxylic acids is 2. The molecule has 5 heteroatoms. The minimum atomic E-state index is -0.450. The van der Waals surface area contributed by atoms with Crippen LogP contribution in [0.2, 0.25) is 0 Å². The smallest absolute Gasteiger partial charge is 0.310 e. The van der Waals surface area contributed by atoms with Crippen molar-refractivity contribution in [3.05, 3.63) is 30.1 Å². The summed E-state index contributed by atoms with van der Waals surface area (Å²) in [5.41, 5.74) is 0.950.